The average Bonchev–Trinajstić information content (AvgIpc) is 3.08. The molecular weight excluding hydrogens is 404 g/mol. The van der Waals surface area contributed by atoms with Crippen LogP contribution in [0.5, 0.6) is 0 Å². The van der Waals surface area contributed by atoms with Crippen molar-refractivity contribution < 1.29 is 25.2 Å². The molecule has 0 aromatic carbocycles. The lowest BCUT2D eigenvalue weighted by atomic mass is 9.45. The second kappa shape index (κ2) is 8.70. The van der Waals surface area contributed by atoms with Gasteiger partial charge in [0, 0.05) is 0 Å². The fourth-order valence-electron chi connectivity index (χ4n) is 8.63. The van der Waals surface area contributed by atoms with Crippen LogP contribution in [0.1, 0.15) is 85.5 Å². The summed E-state index contributed by atoms with van der Waals surface area (Å²) >= 11 is 0. The van der Waals surface area contributed by atoms with Crippen molar-refractivity contribution in [2.75, 3.05) is 0 Å². The predicted octanol–water partition coefficient (Wildman–Crippen LogP) is 4.40. The second-order valence-electron chi connectivity index (χ2n) is 12.2. The number of fused-ring (bicyclic) bond motifs is 5. The Bertz CT molecular complexity index is 748. The van der Waals surface area contributed by atoms with Gasteiger partial charge in [-0.3, -0.25) is 4.79 Å². The van der Waals surface area contributed by atoms with Crippen molar-refractivity contribution in [1.29, 1.82) is 0 Å². The van der Waals surface area contributed by atoms with Gasteiger partial charge in [-0.1, -0.05) is 52.2 Å². The van der Waals surface area contributed by atoms with Gasteiger partial charge in [0.05, 0.1) is 24.2 Å². The van der Waals surface area contributed by atoms with E-state index in [2.05, 4.69) is 26.8 Å². The lowest BCUT2D eigenvalue weighted by Crippen LogP contribution is -2.59. The maximum absolute atomic E-state index is 11.6. The first-order valence-electron chi connectivity index (χ1n) is 13.0. The number of carbonyl (C=O) groups is 1. The maximum atomic E-state index is 11.6. The van der Waals surface area contributed by atoms with E-state index in [-0.39, 0.29) is 40.8 Å². The number of aliphatic hydroxyl groups is 3. The molecule has 11 atom stereocenters. The van der Waals surface area contributed by atoms with Crippen molar-refractivity contribution in [3.63, 3.8) is 0 Å². The predicted molar refractivity (Wildman–Crippen MR) is 124 cm³/mol. The Morgan fingerprint density at radius 2 is 1.81 bits per heavy atom. The molecule has 0 saturated heterocycles. The minimum absolute atomic E-state index is 0.0257. The summed E-state index contributed by atoms with van der Waals surface area (Å²) in [6, 6.07) is 0. The van der Waals surface area contributed by atoms with Crippen molar-refractivity contribution in [1.82, 2.24) is 0 Å². The van der Waals surface area contributed by atoms with Crippen LogP contribution in [0.3, 0.4) is 0 Å². The molecule has 0 aromatic rings. The van der Waals surface area contributed by atoms with E-state index < -0.39 is 12.1 Å². The van der Waals surface area contributed by atoms with Crippen LogP contribution in [-0.2, 0) is 4.79 Å². The Kier molecular flexibility index (Phi) is 6.59. The highest BCUT2D eigenvalue weighted by Gasteiger charge is 2.64. The van der Waals surface area contributed by atoms with Gasteiger partial charge in [0.15, 0.2) is 0 Å². The molecule has 0 spiro atoms. The summed E-state index contributed by atoms with van der Waals surface area (Å²) in [5.41, 5.74) is 0.981. The first-order chi connectivity index (χ1) is 15.0. The minimum atomic E-state index is -0.721. The Morgan fingerprint density at radius 1 is 1.09 bits per heavy atom. The molecule has 5 heteroatoms. The summed E-state index contributed by atoms with van der Waals surface area (Å²) < 4.78 is 0. The third kappa shape index (κ3) is 3.76. The average molecular weight is 449 g/mol. The lowest BCUT2D eigenvalue weighted by Gasteiger charge is -2.61. The smallest absolute Gasteiger partial charge is 0.306 e. The molecule has 3 fully saturated rings. The number of rotatable bonds is 6. The summed E-state index contributed by atoms with van der Waals surface area (Å²) in [5, 5.41) is 42.3. The first kappa shape index (κ1) is 24.2. The normalized spacial score (nSPS) is 47.6. The molecule has 0 radical (unpaired) electrons. The Hall–Kier alpha value is -0.910. The highest BCUT2D eigenvalue weighted by molar-refractivity contribution is 5.69. The van der Waals surface area contributed by atoms with E-state index in [1.54, 1.807) is 6.92 Å². The van der Waals surface area contributed by atoms with E-state index in [4.69, 9.17) is 5.11 Å². The van der Waals surface area contributed by atoms with E-state index in [0.29, 0.717) is 30.6 Å². The standard InChI is InChI=1S/C27H44O5/c1-15(6-5-7-16(2)25(31)32)19-8-9-20-24-21(14-23(30)27(19,20)4)26(3)11-10-18(28)12-17(26)13-22(24)29/h13,15-16,18-24,28-30H,5-12,14H2,1-4H3,(H,31,32)/t15-,16-,18+,19-,20+,21+,22-,23+,24+,26+,27-/m1/s1. The zero-order valence-electron chi connectivity index (χ0n) is 20.3. The number of hydrogen-bond donors (Lipinski definition) is 4. The van der Waals surface area contributed by atoms with Gasteiger partial charge in [-0.15, -0.1) is 0 Å². The second-order valence-corrected chi connectivity index (χ2v) is 12.2. The Balaban J connectivity index is 1.53. The Labute approximate surface area is 193 Å². The molecule has 0 bridgehead atoms. The minimum Gasteiger partial charge on any atom is -0.481 e. The van der Waals surface area contributed by atoms with Crippen molar-refractivity contribution in [2.45, 2.75) is 104 Å². The SMILES string of the molecule is C[C@H](CCC[C@@H](C)[C@H]1CC[C@H]2[C@@H]3[C@H](O)C=C4C[C@@H](O)CC[C@]4(C)[C@H]3C[C@H](O)[C@]12C)C(=O)O. The largest absolute Gasteiger partial charge is 0.481 e. The van der Waals surface area contributed by atoms with Crippen molar-refractivity contribution in [3.8, 4) is 0 Å². The molecule has 0 aromatic heterocycles. The van der Waals surface area contributed by atoms with Crippen LogP contribution < -0.4 is 0 Å². The molecule has 5 nitrogen and oxygen atoms in total. The summed E-state index contributed by atoms with van der Waals surface area (Å²) in [7, 11) is 0. The van der Waals surface area contributed by atoms with Gasteiger partial charge in [-0.2, -0.15) is 0 Å². The topological polar surface area (TPSA) is 98.0 Å². The number of carboxylic acids is 1. The summed E-state index contributed by atoms with van der Waals surface area (Å²) in [4.78, 5) is 11.1. The molecule has 4 aliphatic rings. The third-order valence-corrected chi connectivity index (χ3v) is 10.7. The van der Waals surface area contributed by atoms with Crippen molar-refractivity contribution in [3.05, 3.63) is 11.6 Å². The van der Waals surface area contributed by atoms with E-state index >= 15 is 0 Å². The molecular formula is C27H44O5. The van der Waals surface area contributed by atoms with Gasteiger partial charge in [0.2, 0.25) is 0 Å². The third-order valence-electron chi connectivity index (χ3n) is 10.7. The van der Waals surface area contributed by atoms with Gasteiger partial charge in [0.25, 0.3) is 0 Å². The highest BCUT2D eigenvalue weighted by Crippen LogP contribution is 2.67. The first-order valence-corrected chi connectivity index (χ1v) is 13.0. The van der Waals surface area contributed by atoms with E-state index in [1.165, 1.54) is 5.57 Å². The van der Waals surface area contributed by atoms with E-state index in [9.17, 15) is 20.1 Å². The van der Waals surface area contributed by atoms with Crippen LogP contribution in [0.4, 0.5) is 0 Å². The fourth-order valence-corrected chi connectivity index (χ4v) is 8.63. The molecule has 4 rings (SSSR count). The van der Waals surface area contributed by atoms with Crippen LogP contribution in [0.15, 0.2) is 11.6 Å². The molecule has 4 N–H and O–H groups in total. The molecule has 32 heavy (non-hydrogen) atoms. The van der Waals surface area contributed by atoms with Gasteiger partial charge < -0.3 is 20.4 Å². The number of aliphatic carboxylic acids is 1. The van der Waals surface area contributed by atoms with Gasteiger partial charge in [-0.05, 0) is 85.4 Å². The summed E-state index contributed by atoms with van der Waals surface area (Å²) in [6.45, 7) is 8.64. The molecule has 0 amide bonds. The highest BCUT2D eigenvalue weighted by atomic mass is 16.4. The lowest BCUT2D eigenvalue weighted by molar-refractivity contribution is -0.158. The maximum Gasteiger partial charge on any atom is 0.306 e. The van der Waals surface area contributed by atoms with Gasteiger partial charge in [0.1, 0.15) is 0 Å². The van der Waals surface area contributed by atoms with Crippen LogP contribution in [-0.4, -0.2) is 44.7 Å². The van der Waals surface area contributed by atoms with Crippen molar-refractivity contribution in [2.24, 2.45) is 46.3 Å². The van der Waals surface area contributed by atoms with Gasteiger partial charge >= 0.3 is 5.97 Å². The zero-order valence-corrected chi connectivity index (χ0v) is 20.3. The summed E-state index contributed by atoms with van der Waals surface area (Å²) in [5.74, 6) is 0.565. The quantitative estimate of drug-likeness (QED) is 0.452. The summed E-state index contributed by atoms with van der Waals surface area (Å²) in [6.07, 6.45) is 8.75. The number of aliphatic hydroxyl groups excluding tert-OH is 3. The monoisotopic (exact) mass is 448 g/mol. The van der Waals surface area contributed by atoms with Crippen molar-refractivity contribution >= 4 is 5.97 Å². The number of hydrogen-bond acceptors (Lipinski definition) is 4. The number of carboxylic acid groups (broad SMARTS) is 1. The van der Waals surface area contributed by atoms with Crippen LogP contribution in [0.2, 0.25) is 0 Å². The molecule has 3 saturated carbocycles. The molecule has 182 valence electrons. The van der Waals surface area contributed by atoms with Crippen LogP contribution in [0, 0.1) is 46.3 Å². The molecule has 0 aliphatic heterocycles. The molecule has 4 aliphatic carbocycles. The zero-order chi connectivity index (χ0) is 23.4. The molecule has 0 unspecified atom stereocenters. The van der Waals surface area contributed by atoms with E-state index in [0.717, 1.165) is 44.9 Å². The fraction of sp³-hybridized carbons (Fsp3) is 0.889. The van der Waals surface area contributed by atoms with Crippen LogP contribution >= 0.6 is 0 Å². The van der Waals surface area contributed by atoms with Gasteiger partial charge in [-0.25, -0.2) is 0 Å². The Morgan fingerprint density at radius 3 is 2.50 bits per heavy atom. The van der Waals surface area contributed by atoms with Crippen LogP contribution in [0.25, 0.3) is 0 Å². The molecule has 0 heterocycles. The van der Waals surface area contributed by atoms with E-state index in [1.807, 2.05) is 0 Å².